The van der Waals surface area contributed by atoms with Gasteiger partial charge in [0.15, 0.2) is 5.82 Å². The highest BCUT2D eigenvalue weighted by atomic mass is 16.5. The van der Waals surface area contributed by atoms with Crippen LogP contribution in [0.25, 0.3) is 0 Å². The second-order valence-corrected chi connectivity index (χ2v) is 3.77. The zero-order chi connectivity index (χ0) is 13.0. The molecule has 1 atom stereocenters. The van der Waals surface area contributed by atoms with Crippen molar-refractivity contribution in [2.75, 3.05) is 12.4 Å². The molecule has 2 N–H and O–H groups in total. The molecular weight excluding hydrogens is 232 g/mol. The van der Waals surface area contributed by atoms with Gasteiger partial charge in [0.2, 0.25) is 5.75 Å². The second-order valence-electron chi connectivity index (χ2n) is 3.77. The lowest BCUT2D eigenvalue weighted by atomic mass is 10.1. The molecule has 0 aliphatic rings. The molecule has 18 heavy (non-hydrogen) atoms. The molecule has 2 rings (SSSR count). The van der Waals surface area contributed by atoms with Crippen molar-refractivity contribution in [2.24, 2.45) is 0 Å². The number of aromatic nitrogens is 3. The number of hydrogen-bond donors (Lipinski definition) is 2. The third-order valence-corrected chi connectivity index (χ3v) is 2.55. The highest BCUT2D eigenvalue weighted by Crippen LogP contribution is 2.21. The predicted molar refractivity (Wildman–Crippen MR) is 67.7 cm³/mol. The van der Waals surface area contributed by atoms with E-state index in [0.29, 0.717) is 5.82 Å². The van der Waals surface area contributed by atoms with E-state index in [2.05, 4.69) is 20.3 Å². The van der Waals surface area contributed by atoms with E-state index in [1.54, 1.807) is 12.4 Å². The Morgan fingerprint density at radius 2 is 2.33 bits per heavy atom. The molecular formula is C12H14N4O2. The van der Waals surface area contributed by atoms with Crippen LogP contribution < -0.4 is 15.6 Å². The van der Waals surface area contributed by atoms with Crippen molar-refractivity contribution in [3.05, 3.63) is 46.8 Å². The van der Waals surface area contributed by atoms with Gasteiger partial charge in [-0.15, -0.1) is 0 Å². The summed E-state index contributed by atoms with van der Waals surface area (Å²) in [5.41, 5.74) is 0.690. The summed E-state index contributed by atoms with van der Waals surface area (Å²) in [5, 5.41) is 3.12. The van der Waals surface area contributed by atoms with E-state index < -0.39 is 0 Å². The molecule has 0 aliphatic heterocycles. The fraction of sp³-hybridized carbons (Fsp3) is 0.250. The van der Waals surface area contributed by atoms with Gasteiger partial charge in [-0.2, -0.15) is 0 Å². The summed E-state index contributed by atoms with van der Waals surface area (Å²) in [5.74, 6) is 0.589. The average molecular weight is 246 g/mol. The Morgan fingerprint density at radius 1 is 1.50 bits per heavy atom. The zero-order valence-corrected chi connectivity index (χ0v) is 10.2. The Labute approximate surface area is 104 Å². The van der Waals surface area contributed by atoms with E-state index in [1.807, 2.05) is 19.1 Å². The summed E-state index contributed by atoms with van der Waals surface area (Å²) in [6.07, 6.45) is 4.81. The Hall–Kier alpha value is -2.37. The first-order valence-corrected chi connectivity index (χ1v) is 5.50. The van der Waals surface area contributed by atoms with E-state index in [4.69, 9.17) is 4.74 Å². The molecule has 1 unspecified atom stereocenters. The number of ether oxygens (including phenoxy) is 1. The summed E-state index contributed by atoms with van der Waals surface area (Å²) < 4.78 is 5.03. The maximum Gasteiger partial charge on any atom is 0.295 e. The molecule has 0 aromatic carbocycles. The number of anilines is 1. The molecule has 0 spiro atoms. The Bertz CT molecular complexity index is 568. The molecule has 6 heteroatoms. The number of rotatable bonds is 4. The molecule has 0 fully saturated rings. The third kappa shape index (κ3) is 2.48. The molecule has 2 heterocycles. The molecule has 0 radical (unpaired) electrons. The largest absolute Gasteiger partial charge is 0.489 e. The van der Waals surface area contributed by atoms with Crippen molar-refractivity contribution in [2.45, 2.75) is 13.0 Å². The summed E-state index contributed by atoms with van der Waals surface area (Å²) in [6.45, 7) is 1.96. The molecule has 2 aromatic rings. The van der Waals surface area contributed by atoms with Gasteiger partial charge in [0, 0.05) is 12.4 Å². The van der Waals surface area contributed by atoms with Crippen LogP contribution in [0.2, 0.25) is 0 Å². The van der Waals surface area contributed by atoms with E-state index >= 15 is 0 Å². The van der Waals surface area contributed by atoms with Crippen LogP contribution in [0.3, 0.4) is 0 Å². The van der Waals surface area contributed by atoms with E-state index in [9.17, 15) is 4.79 Å². The summed E-state index contributed by atoms with van der Waals surface area (Å²) >= 11 is 0. The van der Waals surface area contributed by atoms with Gasteiger partial charge in [-0.1, -0.05) is 6.07 Å². The highest BCUT2D eigenvalue weighted by Gasteiger charge is 2.12. The maximum absolute atomic E-state index is 11.5. The molecule has 0 bridgehead atoms. The van der Waals surface area contributed by atoms with E-state index in [0.717, 1.165) is 5.56 Å². The number of nitrogens with one attached hydrogen (secondary N) is 2. The minimum atomic E-state index is -0.312. The van der Waals surface area contributed by atoms with Gasteiger partial charge in [-0.05, 0) is 18.6 Å². The van der Waals surface area contributed by atoms with E-state index in [1.165, 1.54) is 13.4 Å². The van der Waals surface area contributed by atoms with Gasteiger partial charge in [-0.3, -0.25) is 9.78 Å². The first-order valence-electron chi connectivity index (χ1n) is 5.50. The quantitative estimate of drug-likeness (QED) is 0.851. The second kappa shape index (κ2) is 5.31. The van der Waals surface area contributed by atoms with Crippen LogP contribution in [0.4, 0.5) is 5.82 Å². The average Bonchev–Trinajstić information content (AvgIpc) is 2.40. The van der Waals surface area contributed by atoms with Gasteiger partial charge in [0.1, 0.15) is 0 Å². The first-order chi connectivity index (χ1) is 8.72. The highest BCUT2D eigenvalue weighted by molar-refractivity contribution is 5.49. The van der Waals surface area contributed by atoms with Crippen molar-refractivity contribution in [1.29, 1.82) is 0 Å². The van der Waals surface area contributed by atoms with Crippen LogP contribution in [-0.2, 0) is 0 Å². The predicted octanol–water partition coefficient (Wildman–Crippen LogP) is 1.35. The zero-order valence-electron chi connectivity index (χ0n) is 10.2. The van der Waals surface area contributed by atoms with Crippen LogP contribution in [-0.4, -0.2) is 22.1 Å². The van der Waals surface area contributed by atoms with Gasteiger partial charge < -0.3 is 15.0 Å². The topological polar surface area (TPSA) is 79.9 Å². The van der Waals surface area contributed by atoms with Crippen molar-refractivity contribution in [3.8, 4) is 5.75 Å². The monoisotopic (exact) mass is 246 g/mol. The van der Waals surface area contributed by atoms with Crippen LogP contribution in [0.5, 0.6) is 5.75 Å². The molecule has 0 aliphatic carbocycles. The minimum absolute atomic E-state index is 0.0260. The summed E-state index contributed by atoms with van der Waals surface area (Å²) in [6, 6.07) is 3.78. The number of H-pyrrole nitrogens is 1. The van der Waals surface area contributed by atoms with Crippen molar-refractivity contribution >= 4 is 5.82 Å². The first kappa shape index (κ1) is 12.1. The molecule has 94 valence electrons. The van der Waals surface area contributed by atoms with Gasteiger partial charge in [0.25, 0.3) is 5.56 Å². The molecule has 6 nitrogen and oxygen atoms in total. The maximum atomic E-state index is 11.5. The molecule has 0 saturated carbocycles. The molecule has 2 aromatic heterocycles. The Kier molecular flexibility index (Phi) is 3.57. The fourth-order valence-electron chi connectivity index (χ4n) is 1.60. The normalized spacial score (nSPS) is 11.9. The number of hydrogen-bond acceptors (Lipinski definition) is 5. The lowest BCUT2D eigenvalue weighted by Crippen LogP contribution is -2.16. The lowest BCUT2D eigenvalue weighted by molar-refractivity contribution is 0.407. The van der Waals surface area contributed by atoms with Gasteiger partial charge in [0.05, 0.1) is 19.5 Å². The van der Waals surface area contributed by atoms with Crippen molar-refractivity contribution < 1.29 is 4.74 Å². The summed E-state index contributed by atoms with van der Waals surface area (Å²) in [7, 11) is 1.44. The van der Waals surface area contributed by atoms with Crippen LogP contribution in [0, 0.1) is 0 Å². The van der Waals surface area contributed by atoms with Crippen LogP contribution >= 0.6 is 0 Å². The molecule has 0 saturated heterocycles. The number of nitrogens with zero attached hydrogens (tertiary/aromatic N) is 2. The van der Waals surface area contributed by atoms with Gasteiger partial charge >= 0.3 is 0 Å². The number of methoxy groups -OCH3 is 1. The van der Waals surface area contributed by atoms with Crippen molar-refractivity contribution in [3.63, 3.8) is 0 Å². The van der Waals surface area contributed by atoms with E-state index in [-0.39, 0.29) is 17.4 Å². The molecule has 0 amide bonds. The summed E-state index contributed by atoms with van der Waals surface area (Å²) in [4.78, 5) is 22.1. The van der Waals surface area contributed by atoms with Gasteiger partial charge in [-0.25, -0.2) is 4.98 Å². The lowest BCUT2D eigenvalue weighted by Gasteiger charge is -2.15. The number of aromatic amines is 1. The van der Waals surface area contributed by atoms with Crippen molar-refractivity contribution in [1.82, 2.24) is 15.0 Å². The standard InChI is InChI=1S/C12H14N4O2/c1-8(9-4-3-5-13-6-9)16-11-10(18-2)12(17)15-7-14-11/h3-8H,1-2H3,(H2,14,15,16,17). The SMILES string of the molecule is COc1c(NC(C)c2cccnc2)nc[nH]c1=O. The Morgan fingerprint density at radius 3 is 3.00 bits per heavy atom. The fourth-order valence-corrected chi connectivity index (χ4v) is 1.60. The van der Waals surface area contributed by atoms with Crippen LogP contribution in [0.1, 0.15) is 18.5 Å². The minimum Gasteiger partial charge on any atom is -0.489 e. The smallest absolute Gasteiger partial charge is 0.295 e. The van der Waals surface area contributed by atoms with Crippen LogP contribution in [0.15, 0.2) is 35.6 Å². The third-order valence-electron chi connectivity index (χ3n) is 2.55. The Balaban J connectivity index is 2.25. The number of pyridine rings is 1.